The maximum absolute atomic E-state index is 15.2. The maximum atomic E-state index is 15.2. The van der Waals surface area contributed by atoms with Gasteiger partial charge in [0, 0.05) is 23.8 Å². The van der Waals surface area contributed by atoms with Crippen LogP contribution in [-0.4, -0.2) is 18.2 Å². The summed E-state index contributed by atoms with van der Waals surface area (Å²) in [6, 6.07) is 2.06. The highest BCUT2D eigenvalue weighted by Gasteiger charge is 2.45. The number of hydrogen-bond donors (Lipinski definition) is 4. The van der Waals surface area contributed by atoms with Crippen molar-refractivity contribution in [3.05, 3.63) is 17.2 Å². The number of hydrogen-bond acceptors (Lipinski definition) is 5. The van der Waals surface area contributed by atoms with Gasteiger partial charge in [0.05, 0.1) is 11.6 Å². The van der Waals surface area contributed by atoms with E-state index in [4.69, 9.17) is 27.7 Å². The second-order valence-electron chi connectivity index (χ2n) is 11.0. The molecule has 0 bridgehead atoms. The molecule has 0 spiro atoms. The fourth-order valence-corrected chi connectivity index (χ4v) is 6.65. The Balaban J connectivity index is 1.40. The van der Waals surface area contributed by atoms with Crippen LogP contribution < -0.4 is 27.7 Å². The van der Waals surface area contributed by atoms with Crippen molar-refractivity contribution >= 4 is 11.4 Å². The Morgan fingerprint density at radius 2 is 1.27 bits per heavy atom. The molecule has 0 aliphatic heterocycles. The molecule has 1 aromatic rings. The van der Waals surface area contributed by atoms with Crippen molar-refractivity contribution in [1.29, 1.82) is 0 Å². The van der Waals surface area contributed by atoms with E-state index < -0.39 is 12.0 Å². The third-order valence-electron chi connectivity index (χ3n) is 8.83. The molecule has 0 amide bonds. The van der Waals surface area contributed by atoms with E-state index in [1.54, 1.807) is 0 Å². The number of anilines is 2. The summed E-state index contributed by atoms with van der Waals surface area (Å²) in [5.41, 5.74) is 27.2. The zero-order valence-corrected chi connectivity index (χ0v) is 20.0. The minimum atomic E-state index is -3.26. The van der Waals surface area contributed by atoms with Gasteiger partial charge in [0.1, 0.15) is 0 Å². The van der Waals surface area contributed by atoms with Gasteiger partial charge in [-0.15, -0.1) is 0 Å². The molecule has 7 heteroatoms. The van der Waals surface area contributed by atoms with Gasteiger partial charge in [-0.2, -0.15) is 8.78 Å². The van der Waals surface area contributed by atoms with Crippen LogP contribution in [0.2, 0.25) is 0 Å². The molecule has 0 saturated heterocycles. The van der Waals surface area contributed by atoms with Crippen LogP contribution in [0.15, 0.2) is 6.07 Å². The average molecular weight is 465 g/mol. The Bertz CT molecular complexity index is 809. The van der Waals surface area contributed by atoms with Crippen molar-refractivity contribution in [1.82, 2.24) is 0 Å². The summed E-state index contributed by atoms with van der Waals surface area (Å²) >= 11 is 0. The predicted molar refractivity (Wildman–Crippen MR) is 130 cm³/mol. The Morgan fingerprint density at radius 3 is 1.82 bits per heavy atom. The van der Waals surface area contributed by atoms with Crippen LogP contribution in [0.25, 0.3) is 0 Å². The first kappa shape index (κ1) is 24.5. The fourth-order valence-electron chi connectivity index (χ4n) is 6.65. The van der Waals surface area contributed by atoms with Crippen molar-refractivity contribution in [2.24, 2.45) is 29.2 Å². The lowest BCUT2D eigenvalue weighted by molar-refractivity contribution is -0.224. The van der Waals surface area contributed by atoms with E-state index in [9.17, 15) is 0 Å². The number of ether oxygens (including phenoxy) is 1. The Morgan fingerprint density at radius 1 is 0.788 bits per heavy atom. The van der Waals surface area contributed by atoms with E-state index in [0.717, 1.165) is 75.3 Å². The highest BCUT2D eigenvalue weighted by Crippen LogP contribution is 2.47. The first-order chi connectivity index (χ1) is 15.7. The second kappa shape index (κ2) is 9.95. The minimum Gasteiger partial charge on any atom is -0.430 e. The lowest BCUT2D eigenvalue weighted by atomic mass is 9.70. The van der Waals surface area contributed by atoms with E-state index in [-0.39, 0.29) is 23.4 Å². The summed E-state index contributed by atoms with van der Waals surface area (Å²) in [7, 11) is 0. The Kier molecular flexibility index (Phi) is 7.39. The molecule has 4 rings (SSSR count). The molecule has 0 aromatic heterocycles. The summed E-state index contributed by atoms with van der Waals surface area (Å²) in [5, 5.41) is 0. The molecule has 0 radical (unpaired) electrons. The van der Waals surface area contributed by atoms with E-state index in [2.05, 4.69) is 0 Å². The van der Waals surface area contributed by atoms with Crippen LogP contribution in [0, 0.1) is 24.7 Å². The number of halogens is 2. The predicted octanol–water partition coefficient (Wildman–Crippen LogP) is 5.44. The van der Waals surface area contributed by atoms with Gasteiger partial charge in [-0.25, -0.2) is 0 Å². The van der Waals surface area contributed by atoms with Crippen molar-refractivity contribution in [3.8, 4) is 5.75 Å². The highest BCUT2D eigenvalue weighted by atomic mass is 19.3. The minimum absolute atomic E-state index is 0.00894. The summed E-state index contributed by atoms with van der Waals surface area (Å²) < 4.78 is 35.7. The molecular weight excluding hydrogens is 422 g/mol. The standard InChI is InChI=1S/C26H42F2N4O/c1-15-24(18-6-12-21(30)13-7-18)22(31)14-23(25(15)32)33-26(27,28)19-8-2-16(3-9-19)17-4-10-20(29)11-5-17/h14,16-21H,2-13,29-32H2,1H3. The number of nitrogens with two attached hydrogens (primary N) is 4. The molecule has 0 unspecified atom stereocenters. The molecule has 1 aromatic carbocycles. The second-order valence-corrected chi connectivity index (χ2v) is 11.0. The largest absolute Gasteiger partial charge is 0.430 e. The lowest BCUT2D eigenvalue weighted by Crippen LogP contribution is -2.39. The van der Waals surface area contributed by atoms with Gasteiger partial charge in [0.2, 0.25) is 0 Å². The fraction of sp³-hybridized carbons (Fsp3) is 0.769. The lowest BCUT2D eigenvalue weighted by Gasteiger charge is -2.39. The molecule has 0 atom stereocenters. The molecule has 8 N–H and O–H groups in total. The van der Waals surface area contributed by atoms with Crippen LogP contribution in [-0.2, 0) is 0 Å². The summed E-state index contributed by atoms with van der Waals surface area (Å²) in [6.07, 6.45) is 7.54. The van der Waals surface area contributed by atoms with Crippen molar-refractivity contribution in [3.63, 3.8) is 0 Å². The van der Waals surface area contributed by atoms with Gasteiger partial charge < -0.3 is 27.7 Å². The zero-order valence-electron chi connectivity index (χ0n) is 20.0. The Labute approximate surface area is 197 Å². The molecule has 5 nitrogen and oxygen atoms in total. The van der Waals surface area contributed by atoms with Crippen LogP contribution >= 0.6 is 0 Å². The number of rotatable bonds is 5. The van der Waals surface area contributed by atoms with Gasteiger partial charge in [0.15, 0.2) is 5.75 Å². The van der Waals surface area contributed by atoms with E-state index in [1.165, 1.54) is 6.07 Å². The quantitative estimate of drug-likeness (QED) is 0.433. The van der Waals surface area contributed by atoms with Crippen molar-refractivity contribution in [2.45, 2.75) is 108 Å². The zero-order chi connectivity index (χ0) is 23.8. The average Bonchev–Trinajstić information content (AvgIpc) is 2.79. The van der Waals surface area contributed by atoms with Crippen molar-refractivity contribution in [2.75, 3.05) is 11.5 Å². The van der Waals surface area contributed by atoms with Crippen molar-refractivity contribution < 1.29 is 13.5 Å². The molecule has 3 saturated carbocycles. The third-order valence-corrected chi connectivity index (χ3v) is 8.83. The summed E-state index contributed by atoms with van der Waals surface area (Å²) in [5.74, 6) is 0.664. The van der Waals surface area contributed by atoms with Crippen LogP contribution in [0.3, 0.4) is 0 Å². The molecule has 3 fully saturated rings. The van der Waals surface area contributed by atoms with Gasteiger partial charge >= 0.3 is 6.11 Å². The van der Waals surface area contributed by atoms with Gasteiger partial charge in [-0.1, -0.05) is 0 Å². The molecule has 33 heavy (non-hydrogen) atoms. The summed E-state index contributed by atoms with van der Waals surface area (Å²) in [4.78, 5) is 0. The van der Waals surface area contributed by atoms with E-state index in [1.807, 2.05) is 6.92 Å². The summed E-state index contributed by atoms with van der Waals surface area (Å²) in [6.45, 7) is 1.86. The number of nitrogen functional groups attached to an aromatic ring is 2. The molecule has 3 aliphatic rings. The monoisotopic (exact) mass is 464 g/mol. The topological polar surface area (TPSA) is 113 Å². The molecule has 3 aliphatic carbocycles. The molecular formula is C26H42F2N4O. The van der Waals surface area contributed by atoms with E-state index in [0.29, 0.717) is 36.4 Å². The first-order valence-corrected chi connectivity index (χ1v) is 12.9. The van der Waals surface area contributed by atoms with E-state index >= 15 is 8.78 Å². The van der Waals surface area contributed by atoms with Crippen LogP contribution in [0.4, 0.5) is 20.2 Å². The van der Waals surface area contributed by atoms with Crippen LogP contribution in [0.1, 0.15) is 94.1 Å². The highest BCUT2D eigenvalue weighted by molar-refractivity contribution is 5.70. The van der Waals surface area contributed by atoms with Gasteiger partial charge in [0.25, 0.3) is 0 Å². The third kappa shape index (κ3) is 5.40. The van der Waals surface area contributed by atoms with Gasteiger partial charge in [-0.3, -0.25) is 0 Å². The SMILES string of the molecule is Cc1c(N)c(OC(F)(F)C2CCC(C3CCC(N)CC3)CC2)cc(N)c1C1CCC(N)CC1. The smallest absolute Gasteiger partial charge is 0.400 e. The van der Waals surface area contributed by atoms with Gasteiger partial charge in [-0.05, 0) is 113 Å². The normalized spacial score (nSPS) is 33.6. The van der Waals surface area contributed by atoms with Crippen LogP contribution in [0.5, 0.6) is 5.75 Å². The molecule has 186 valence electrons. The number of benzene rings is 1. The molecule has 0 heterocycles. The Hall–Kier alpha value is -1.60. The first-order valence-electron chi connectivity index (χ1n) is 12.9. The number of alkyl halides is 2. The maximum Gasteiger partial charge on any atom is 0.400 e.